The standard InChI is InChI=1S/C26H31N3O4S/c1-5-19(4)28-25(30)24-10-7-15-27-26(24)33-22-9-6-8-21(17-22)29-34(31,32)23-13-11-20(12-14-23)16-18(2)3/h6-15,17-19,29H,5,16H2,1-4H3,(H,28,30). The second-order valence-corrected chi connectivity index (χ2v) is 10.3. The van der Waals surface area contributed by atoms with Gasteiger partial charge in [0.2, 0.25) is 5.88 Å². The molecule has 0 saturated carbocycles. The van der Waals surface area contributed by atoms with Crippen molar-refractivity contribution in [1.29, 1.82) is 0 Å². The Balaban J connectivity index is 1.76. The van der Waals surface area contributed by atoms with Crippen LogP contribution in [0.1, 0.15) is 50.0 Å². The zero-order valence-electron chi connectivity index (χ0n) is 19.9. The lowest BCUT2D eigenvalue weighted by Gasteiger charge is -2.14. The summed E-state index contributed by atoms with van der Waals surface area (Å²) in [6.07, 6.45) is 3.22. The Kier molecular flexibility index (Phi) is 8.28. The van der Waals surface area contributed by atoms with Crippen molar-refractivity contribution in [3.05, 3.63) is 78.0 Å². The average Bonchev–Trinajstić information content (AvgIpc) is 2.79. The quantitative estimate of drug-likeness (QED) is 0.404. The lowest BCUT2D eigenvalue weighted by Crippen LogP contribution is -2.32. The van der Waals surface area contributed by atoms with Gasteiger partial charge in [0.1, 0.15) is 11.3 Å². The first-order valence-corrected chi connectivity index (χ1v) is 12.8. The predicted octanol–water partition coefficient (Wildman–Crippen LogP) is 5.40. The van der Waals surface area contributed by atoms with Gasteiger partial charge in [-0.05, 0) is 67.6 Å². The van der Waals surface area contributed by atoms with Crippen molar-refractivity contribution in [1.82, 2.24) is 10.3 Å². The number of benzene rings is 2. The van der Waals surface area contributed by atoms with Crippen LogP contribution in [0.4, 0.5) is 5.69 Å². The van der Waals surface area contributed by atoms with Gasteiger partial charge >= 0.3 is 0 Å². The van der Waals surface area contributed by atoms with Crippen molar-refractivity contribution in [3.63, 3.8) is 0 Å². The van der Waals surface area contributed by atoms with Crippen LogP contribution in [0.3, 0.4) is 0 Å². The number of hydrogen-bond donors (Lipinski definition) is 2. The highest BCUT2D eigenvalue weighted by Gasteiger charge is 2.17. The van der Waals surface area contributed by atoms with E-state index in [1.807, 2.05) is 26.0 Å². The van der Waals surface area contributed by atoms with Crippen LogP contribution in [0, 0.1) is 5.92 Å². The van der Waals surface area contributed by atoms with Gasteiger partial charge in [0.15, 0.2) is 0 Å². The number of carbonyl (C=O) groups is 1. The van der Waals surface area contributed by atoms with Gasteiger partial charge < -0.3 is 10.1 Å². The summed E-state index contributed by atoms with van der Waals surface area (Å²) in [7, 11) is -3.77. The van der Waals surface area contributed by atoms with Crippen molar-refractivity contribution in [2.75, 3.05) is 4.72 Å². The molecular formula is C26H31N3O4S. The molecule has 0 aliphatic heterocycles. The summed E-state index contributed by atoms with van der Waals surface area (Å²) < 4.78 is 34.2. The molecule has 3 rings (SSSR count). The lowest BCUT2D eigenvalue weighted by molar-refractivity contribution is 0.0936. The van der Waals surface area contributed by atoms with Crippen molar-refractivity contribution in [2.24, 2.45) is 5.92 Å². The summed E-state index contributed by atoms with van der Waals surface area (Å²) in [6.45, 7) is 8.14. The Hall–Kier alpha value is -3.39. The normalized spacial score (nSPS) is 12.3. The molecule has 34 heavy (non-hydrogen) atoms. The number of rotatable bonds is 10. The summed E-state index contributed by atoms with van der Waals surface area (Å²) in [5, 5.41) is 2.90. The highest BCUT2D eigenvalue weighted by Crippen LogP contribution is 2.27. The first-order chi connectivity index (χ1) is 16.2. The molecule has 0 saturated heterocycles. The van der Waals surface area contributed by atoms with Gasteiger partial charge in [0, 0.05) is 18.3 Å². The Morgan fingerprint density at radius 2 is 1.76 bits per heavy atom. The molecule has 8 heteroatoms. The lowest BCUT2D eigenvalue weighted by atomic mass is 10.0. The highest BCUT2D eigenvalue weighted by atomic mass is 32.2. The number of nitrogens with one attached hydrogen (secondary N) is 2. The fourth-order valence-electron chi connectivity index (χ4n) is 3.27. The number of carbonyl (C=O) groups excluding carboxylic acids is 1. The van der Waals surface area contributed by atoms with Gasteiger partial charge in [0.25, 0.3) is 15.9 Å². The summed E-state index contributed by atoms with van der Waals surface area (Å²) >= 11 is 0. The smallest absolute Gasteiger partial charge is 0.261 e. The molecule has 0 radical (unpaired) electrons. The molecule has 180 valence electrons. The number of nitrogens with zero attached hydrogens (tertiary/aromatic N) is 1. The minimum Gasteiger partial charge on any atom is -0.438 e. The maximum atomic E-state index is 12.9. The number of aromatic nitrogens is 1. The third-order valence-corrected chi connectivity index (χ3v) is 6.58. The van der Waals surface area contributed by atoms with Gasteiger partial charge in [-0.15, -0.1) is 0 Å². The number of pyridine rings is 1. The summed E-state index contributed by atoms with van der Waals surface area (Å²) in [4.78, 5) is 17.0. The van der Waals surface area contributed by atoms with E-state index in [-0.39, 0.29) is 22.7 Å². The maximum Gasteiger partial charge on any atom is 0.261 e. The van der Waals surface area contributed by atoms with Crippen LogP contribution in [0.2, 0.25) is 0 Å². The van der Waals surface area contributed by atoms with E-state index in [2.05, 4.69) is 28.9 Å². The van der Waals surface area contributed by atoms with E-state index in [0.29, 0.717) is 22.9 Å². The zero-order chi connectivity index (χ0) is 24.7. The van der Waals surface area contributed by atoms with E-state index >= 15 is 0 Å². The van der Waals surface area contributed by atoms with Gasteiger partial charge in [-0.3, -0.25) is 9.52 Å². The van der Waals surface area contributed by atoms with Crippen molar-refractivity contribution >= 4 is 21.6 Å². The van der Waals surface area contributed by atoms with Crippen LogP contribution in [-0.4, -0.2) is 25.4 Å². The van der Waals surface area contributed by atoms with Gasteiger partial charge in [-0.25, -0.2) is 13.4 Å². The summed E-state index contributed by atoms with van der Waals surface area (Å²) in [5.74, 6) is 0.701. The van der Waals surface area contributed by atoms with Gasteiger partial charge in [0.05, 0.1) is 10.6 Å². The fraction of sp³-hybridized carbons (Fsp3) is 0.308. The molecule has 1 aromatic heterocycles. The van der Waals surface area contributed by atoms with E-state index < -0.39 is 10.0 Å². The highest BCUT2D eigenvalue weighted by molar-refractivity contribution is 7.92. The number of ether oxygens (including phenoxy) is 1. The third kappa shape index (κ3) is 6.81. The maximum absolute atomic E-state index is 12.9. The number of anilines is 1. The molecule has 2 aromatic carbocycles. The van der Waals surface area contributed by atoms with Crippen LogP contribution in [0.5, 0.6) is 11.6 Å². The number of hydrogen-bond acceptors (Lipinski definition) is 5. The molecular weight excluding hydrogens is 450 g/mol. The number of sulfonamides is 1. The molecule has 0 fully saturated rings. The van der Waals surface area contributed by atoms with Crippen LogP contribution in [0.15, 0.2) is 71.8 Å². The van der Waals surface area contributed by atoms with Crippen molar-refractivity contribution in [2.45, 2.75) is 51.5 Å². The molecule has 0 aliphatic rings. The van der Waals surface area contributed by atoms with Crippen molar-refractivity contribution in [3.8, 4) is 11.6 Å². The minimum atomic E-state index is -3.77. The van der Waals surface area contributed by atoms with E-state index in [4.69, 9.17) is 4.74 Å². The van der Waals surface area contributed by atoms with E-state index in [1.54, 1.807) is 48.5 Å². The largest absolute Gasteiger partial charge is 0.438 e. The molecule has 0 spiro atoms. The van der Waals surface area contributed by atoms with Crippen molar-refractivity contribution < 1.29 is 17.9 Å². The Bertz CT molecular complexity index is 1220. The molecule has 7 nitrogen and oxygen atoms in total. The first-order valence-electron chi connectivity index (χ1n) is 11.3. The van der Waals surface area contributed by atoms with Gasteiger partial charge in [-0.2, -0.15) is 0 Å². The van der Waals surface area contributed by atoms with Crippen LogP contribution in [-0.2, 0) is 16.4 Å². The summed E-state index contributed by atoms with van der Waals surface area (Å²) in [6, 6.07) is 16.7. The topological polar surface area (TPSA) is 97.4 Å². The second-order valence-electron chi connectivity index (χ2n) is 8.62. The Labute approximate surface area is 201 Å². The molecule has 2 N–H and O–H groups in total. The summed E-state index contributed by atoms with van der Waals surface area (Å²) in [5.41, 5.74) is 1.73. The fourth-order valence-corrected chi connectivity index (χ4v) is 4.32. The van der Waals surface area contributed by atoms with Gasteiger partial charge in [-0.1, -0.05) is 39.0 Å². The molecule has 1 unspecified atom stereocenters. The van der Waals surface area contributed by atoms with Crippen LogP contribution < -0.4 is 14.8 Å². The Morgan fingerprint density at radius 3 is 2.44 bits per heavy atom. The first kappa shape index (κ1) is 25.2. The minimum absolute atomic E-state index is 0.0118. The molecule has 1 heterocycles. The van der Waals surface area contributed by atoms with E-state index in [0.717, 1.165) is 18.4 Å². The third-order valence-electron chi connectivity index (χ3n) is 5.18. The SMILES string of the molecule is CCC(C)NC(=O)c1cccnc1Oc1cccc(NS(=O)(=O)c2ccc(CC(C)C)cc2)c1. The average molecular weight is 482 g/mol. The number of amides is 1. The molecule has 0 bridgehead atoms. The van der Waals surface area contributed by atoms with Crippen LogP contribution >= 0.6 is 0 Å². The molecule has 1 amide bonds. The monoisotopic (exact) mass is 481 g/mol. The van der Waals surface area contributed by atoms with E-state index in [1.165, 1.54) is 6.20 Å². The zero-order valence-corrected chi connectivity index (χ0v) is 20.7. The predicted molar refractivity (Wildman–Crippen MR) is 134 cm³/mol. The molecule has 0 aliphatic carbocycles. The molecule has 1 atom stereocenters. The van der Waals surface area contributed by atoms with E-state index in [9.17, 15) is 13.2 Å². The Morgan fingerprint density at radius 1 is 1.03 bits per heavy atom. The molecule has 3 aromatic rings. The second kappa shape index (κ2) is 11.2. The van der Waals surface area contributed by atoms with Crippen LogP contribution in [0.25, 0.3) is 0 Å².